The monoisotopic (exact) mass is 196 g/mol. The number of ether oxygens (including phenoxy) is 1. The number of nitrogens with zero attached hydrogens (tertiary/aromatic N) is 1. The summed E-state index contributed by atoms with van der Waals surface area (Å²) in [5.41, 5.74) is 5.98. The van der Waals surface area contributed by atoms with E-state index in [0.717, 1.165) is 5.56 Å². The molecular weight excluding hydrogens is 180 g/mol. The zero-order valence-electron chi connectivity index (χ0n) is 8.53. The van der Waals surface area contributed by atoms with Gasteiger partial charge in [-0.05, 0) is 6.07 Å². The molecule has 0 aliphatic carbocycles. The van der Waals surface area contributed by atoms with Gasteiger partial charge < -0.3 is 15.6 Å². The SMILES string of the molecule is COc1ncccc1C(C)(CN)CO. The molecule has 0 amide bonds. The van der Waals surface area contributed by atoms with E-state index in [1.54, 1.807) is 19.4 Å². The highest BCUT2D eigenvalue weighted by Crippen LogP contribution is 2.28. The number of aromatic nitrogens is 1. The summed E-state index contributed by atoms with van der Waals surface area (Å²) in [6.07, 6.45) is 1.65. The maximum atomic E-state index is 9.30. The lowest BCUT2D eigenvalue weighted by molar-refractivity contribution is 0.205. The molecule has 1 heterocycles. The number of nitrogens with two attached hydrogens (primary N) is 1. The van der Waals surface area contributed by atoms with Crippen molar-refractivity contribution in [2.45, 2.75) is 12.3 Å². The van der Waals surface area contributed by atoms with Crippen molar-refractivity contribution < 1.29 is 9.84 Å². The summed E-state index contributed by atoms with van der Waals surface area (Å²) in [6, 6.07) is 3.68. The minimum absolute atomic E-state index is 0.0223. The molecule has 1 atom stereocenters. The highest BCUT2D eigenvalue weighted by atomic mass is 16.5. The fourth-order valence-corrected chi connectivity index (χ4v) is 1.27. The topological polar surface area (TPSA) is 68.4 Å². The van der Waals surface area contributed by atoms with Gasteiger partial charge >= 0.3 is 0 Å². The van der Waals surface area contributed by atoms with Crippen molar-refractivity contribution in [2.24, 2.45) is 5.73 Å². The second-order valence-corrected chi connectivity index (χ2v) is 3.48. The molecule has 0 radical (unpaired) electrons. The molecule has 3 N–H and O–H groups in total. The summed E-state index contributed by atoms with van der Waals surface area (Å²) in [5, 5.41) is 9.30. The molecule has 1 unspecified atom stereocenters. The normalized spacial score (nSPS) is 14.9. The molecule has 14 heavy (non-hydrogen) atoms. The first-order chi connectivity index (χ1) is 6.68. The minimum atomic E-state index is -0.487. The fourth-order valence-electron chi connectivity index (χ4n) is 1.27. The first-order valence-corrected chi connectivity index (χ1v) is 4.48. The Bertz CT molecular complexity index is 298. The number of hydrogen-bond donors (Lipinski definition) is 2. The number of aliphatic hydroxyl groups excluding tert-OH is 1. The lowest BCUT2D eigenvalue weighted by atomic mass is 9.84. The standard InChI is InChI=1S/C10H16N2O2/c1-10(6-11,7-13)8-4-3-5-12-9(8)14-2/h3-5,13H,6-7,11H2,1-2H3. The predicted molar refractivity (Wildman–Crippen MR) is 54.3 cm³/mol. The highest BCUT2D eigenvalue weighted by Gasteiger charge is 2.27. The number of aliphatic hydroxyl groups is 1. The van der Waals surface area contributed by atoms with Crippen molar-refractivity contribution in [3.63, 3.8) is 0 Å². The molecule has 0 saturated carbocycles. The zero-order chi connectivity index (χ0) is 10.6. The lowest BCUT2D eigenvalue weighted by Crippen LogP contribution is -2.36. The summed E-state index contributed by atoms with van der Waals surface area (Å²) in [4.78, 5) is 4.07. The molecule has 0 bridgehead atoms. The van der Waals surface area contributed by atoms with Crippen LogP contribution in [-0.2, 0) is 5.41 Å². The molecule has 0 fully saturated rings. The highest BCUT2D eigenvalue weighted by molar-refractivity contribution is 5.33. The van der Waals surface area contributed by atoms with Gasteiger partial charge in [0.2, 0.25) is 5.88 Å². The van der Waals surface area contributed by atoms with Gasteiger partial charge in [-0.25, -0.2) is 4.98 Å². The molecule has 78 valence electrons. The quantitative estimate of drug-likeness (QED) is 0.726. The summed E-state index contributed by atoms with van der Waals surface area (Å²) in [6.45, 7) is 2.21. The van der Waals surface area contributed by atoms with Gasteiger partial charge in [0, 0.05) is 23.7 Å². The third kappa shape index (κ3) is 1.86. The Morgan fingerprint density at radius 1 is 1.64 bits per heavy atom. The molecule has 0 spiro atoms. The molecule has 0 saturated heterocycles. The van der Waals surface area contributed by atoms with Gasteiger partial charge in [0.25, 0.3) is 0 Å². The van der Waals surface area contributed by atoms with Crippen molar-refractivity contribution in [1.29, 1.82) is 0 Å². The van der Waals surface area contributed by atoms with E-state index in [2.05, 4.69) is 4.98 Å². The summed E-state index contributed by atoms with van der Waals surface area (Å²) < 4.78 is 5.12. The number of rotatable bonds is 4. The average Bonchev–Trinajstić information content (AvgIpc) is 2.28. The molecule has 1 rings (SSSR count). The van der Waals surface area contributed by atoms with E-state index >= 15 is 0 Å². The molecule has 1 aromatic rings. The van der Waals surface area contributed by atoms with Crippen LogP contribution in [-0.4, -0.2) is 30.4 Å². The molecule has 1 aromatic heterocycles. The van der Waals surface area contributed by atoms with Crippen molar-refractivity contribution >= 4 is 0 Å². The third-order valence-electron chi connectivity index (χ3n) is 2.41. The predicted octanol–water partition coefficient (Wildman–Crippen LogP) is 0.299. The second kappa shape index (κ2) is 4.39. The smallest absolute Gasteiger partial charge is 0.216 e. The van der Waals surface area contributed by atoms with E-state index in [4.69, 9.17) is 10.5 Å². The molecule has 0 aliphatic heterocycles. The Labute approximate surface area is 83.7 Å². The summed E-state index contributed by atoms with van der Waals surface area (Å²) >= 11 is 0. The third-order valence-corrected chi connectivity index (χ3v) is 2.41. The van der Waals surface area contributed by atoms with Crippen molar-refractivity contribution in [3.05, 3.63) is 23.9 Å². The van der Waals surface area contributed by atoms with Gasteiger partial charge in [0.15, 0.2) is 0 Å². The molecule has 4 heteroatoms. The van der Waals surface area contributed by atoms with E-state index in [1.807, 2.05) is 13.0 Å². The Hall–Kier alpha value is -1.13. The van der Waals surface area contributed by atoms with Gasteiger partial charge in [-0.3, -0.25) is 0 Å². The van der Waals surface area contributed by atoms with Crippen LogP contribution in [0.5, 0.6) is 5.88 Å². The second-order valence-electron chi connectivity index (χ2n) is 3.48. The molecular formula is C10H16N2O2. The molecule has 0 aromatic carbocycles. The van der Waals surface area contributed by atoms with E-state index in [1.165, 1.54) is 0 Å². The minimum Gasteiger partial charge on any atom is -0.481 e. The Morgan fingerprint density at radius 3 is 2.86 bits per heavy atom. The average molecular weight is 196 g/mol. The van der Waals surface area contributed by atoms with Gasteiger partial charge in [0.1, 0.15) is 0 Å². The van der Waals surface area contributed by atoms with Crippen molar-refractivity contribution in [2.75, 3.05) is 20.3 Å². The van der Waals surface area contributed by atoms with Crippen LogP contribution in [0, 0.1) is 0 Å². The molecule has 0 aliphatic rings. The number of hydrogen-bond acceptors (Lipinski definition) is 4. The number of pyridine rings is 1. The first kappa shape index (κ1) is 10.9. The maximum absolute atomic E-state index is 9.30. The van der Waals surface area contributed by atoms with Gasteiger partial charge in [-0.1, -0.05) is 13.0 Å². The van der Waals surface area contributed by atoms with Gasteiger partial charge in [0.05, 0.1) is 13.7 Å². The van der Waals surface area contributed by atoms with E-state index < -0.39 is 5.41 Å². The first-order valence-electron chi connectivity index (χ1n) is 4.48. The van der Waals surface area contributed by atoms with Gasteiger partial charge in [-0.2, -0.15) is 0 Å². The van der Waals surface area contributed by atoms with Crippen LogP contribution in [0.3, 0.4) is 0 Å². The zero-order valence-corrected chi connectivity index (χ0v) is 8.53. The van der Waals surface area contributed by atoms with Crippen LogP contribution in [0.15, 0.2) is 18.3 Å². The van der Waals surface area contributed by atoms with Crippen molar-refractivity contribution in [3.8, 4) is 5.88 Å². The Morgan fingerprint density at radius 2 is 2.36 bits per heavy atom. The summed E-state index contributed by atoms with van der Waals surface area (Å²) in [5.74, 6) is 0.523. The van der Waals surface area contributed by atoms with Crippen LogP contribution in [0.2, 0.25) is 0 Å². The summed E-state index contributed by atoms with van der Waals surface area (Å²) in [7, 11) is 1.56. The maximum Gasteiger partial charge on any atom is 0.216 e. The largest absolute Gasteiger partial charge is 0.481 e. The van der Waals surface area contributed by atoms with Crippen LogP contribution < -0.4 is 10.5 Å². The molecule has 4 nitrogen and oxygen atoms in total. The van der Waals surface area contributed by atoms with E-state index in [-0.39, 0.29) is 6.61 Å². The Kier molecular flexibility index (Phi) is 3.43. The fraction of sp³-hybridized carbons (Fsp3) is 0.500. The van der Waals surface area contributed by atoms with Crippen LogP contribution in [0.4, 0.5) is 0 Å². The lowest BCUT2D eigenvalue weighted by Gasteiger charge is -2.26. The van der Waals surface area contributed by atoms with E-state index in [0.29, 0.717) is 12.4 Å². The van der Waals surface area contributed by atoms with Crippen molar-refractivity contribution in [1.82, 2.24) is 4.98 Å². The van der Waals surface area contributed by atoms with Gasteiger partial charge in [-0.15, -0.1) is 0 Å². The van der Waals surface area contributed by atoms with Crippen LogP contribution in [0.25, 0.3) is 0 Å². The van der Waals surface area contributed by atoms with E-state index in [9.17, 15) is 5.11 Å². The van der Waals surface area contributed by atoms with Crippen LogP contribution >= 0.6 is 0 Å². The van der Waals surface area contributed by atoms with Crippen LogP contribution in [0.1, 0.15) is 12.5 Å². The number of methoxy groups -OCH3 is 1. The Balaban J connectivity index is 3.15.